The molecule has 0 spiro atoms. The van der Waals surface area contributed by atoms with E-state index in [1.54, 1.807) is 0 Å². The third kappa shape index (κ3) is 3.60. The molecule has 0 aromatic heterocycles. The molecular weight excluding hydrogens is 222 g/mol. The molecule has 0 saturated carbocycles. The van der Waals surface area contributed by atoms with Gasteiger partial charge in [-0.15, -0.1) is 0 Å². The maximum Gasteiger partial charge on any atom is 0.138 e. The van der Waals surface area contributed by atoms with E-state index in [1.807, 2.05) is 25.1 Å². The minimum atomic E-state index is 0.508. The van der Waals surface area contributed by atoms with E-state index in [-0.39, 0.29) is 0 Å². The van der Waals surface area contributed by atoms with Gasteiger partial charge in [0.25, 0.3) is 0 Å². The zero-order valence-corrected chi connectivity index (χ0v) is 11.0. The van der Waals surface area contributed by atoms with Crippen LogP contribution in [0.25, 0.3) is 0 Å². The quantitative estimate of drug-likeness (QED) is 0.800. The largest absolute Gasteiger partial charge is 0.492 e. The molecule has 0 saturated heterocycles. The van der Waals surface area contributed by atoms with E-state index in [0.29, 0.717) is 17.7 Å². The van der Waals surface area contributed by atoms with Gasteiger partial charge in [0.15, 0.2) is 0 Å². The van der Waals surface area contributed by atoms with Gasteiger partial charge in [-0.05, 0) is 38.0 Å². The summed E-state index contributed by atoms with van der Waals surface area (Å²) in [7, 11) is 0. The van der Waals surface area contributed by atoms with Gasteiger partial charge in [0.05, 0.1) is 11.6 Å². The number of ether oxygens (including phenoxy) is 1. The maximum absolute atomic E-state index is 6.11. The van der Waals surface area contributed by atoms with Gasteiger partial charge in [0, 0.05) is 11.7 Å². The first-order valence-electron chi connectivity index (χ1n) is 5.90. The van der Waals surface area contributed by atoms with Gasteiger partial charge in [-0.25, -0.2) is 0 Å². The fraction of sp³-hybridized carbons (Fsp3) is 0.538. The fourth-order valence-electron chi connectivity index (χ4n) is 1.59. The van der Waals surface area contributed by atoms with Crippen molar-refractivity contribution in [3.05, 3.63) is 23.2 Å². The average Bonchev–Trinajstić information content (AvgIpc) is 2.29. The van der Waals surface area contributed by atoms with Crippen LogP contribution in [0.3, 0.4) is 0 Å². The SMILES string of the molecule is CCOc1ccc(NC(CC)CC)cc1Cl. The molecule has 0 atom stereocenters. The molecule has 0 unspecified atom stereocenters. The number of rotatable bonds is 6. The molecule has 0 aliphatic rings. The lowest BCUT2D eigenvalue weighted by atomic mass is 10.1. The molecule has 1 aromatic rings. The van der Waals surface area contributed by atoms with Crippen molar-refractivity contribution in [2.75, 3.05) is 11.9 Å². The zero-order valence-electron chi connectivity index (χ0n) is 10.2. The summed E-state index contributed by atoms with van der Waals surface area (Å²) < 4.78 is 5.39. The molecule has 0 bridgehead atoms. The highest BCUT2D eigenvalue weighted by Crippen LogP contribution is 2.28. The van der Waals surface area contributed by atoms with E-state index in [4.69, 9.17) is 16.3 Å². The molecular formula is C13H20ClNO. The van der Waals surface area contributed by atoms with E-state index in [9.17, 15) is 0 Å². The van der Waals surface area contributed by atoms with Crippen molar-refractivity contribution in [1.29, 1.82) is 0 Å². The van der Waals surface area contributed by atoms with Gasteiger partial charge in [0.2, 0.25) is 0 Å². The first kappa shape index (κ1) is 13.2. The second kappa shape index (κ2) is 6.64. The van der Waals surface area contributed by atoms with Crippen molar-refractivity contribution in [3.8, 4) is 5.75 Å². The number of hydrogen-bond acceptors (Lipinski definition) is 2. The molecule has 0 radical (unpaired) electrons. The van der Waals surface area contributed by atoms with Crippen molar-refractivity contribution in [2.24, 2.45) is 0 Å². The van der Waals surface area contributed by atoms with Gasteiger partial charge in [0.1, 0.15) is 5.75 Å². The Bertz CT molecular complexity index is 324. The Balaban J connectivity index is 2.72. The van der Waals surface area contributed by atoms with Gasteiger partial charge in [-0.3, -0.25) is 0 Å². The van der Waals surface area contributed by atoms with E-state index >= 15 is 0 Å². The lowest BCUT2D eigenvalue weighted by Crippen LogP contribution is -2.16. The standard InChI is InChI=1S/C13H20ClNO/c1-4-10(5-2)15-11-7-8-13(16-6-3)12(14)9-11/h7-10,15H,4-6H2,1-3H3. The summed E-state index contributed by atoms with van der Waals surface area (Å²) in [5.74, 6) is 0.749. The minimum Gasteiger partial charge on any atom is -0.492 e. The highest BCUT2D eigenvalue weighted by molar-refractivity contribution is 6.32. The predicted octanol–water partition coefficient (Wildman–Crippen LogP) is 4.34. The smallest absolute Gasteiger partial charge is 0.138 e. The van der Waals surface area contributed by atoms with Crippen molar-refractivity contribution in [1.82, 2.24) is 0 Å². The van der Waals surface area contributed by atoms with Gasteiger partial charge >= 0.3 is 0 Å². The molecule has 0 fully saturated rings. The first-order valence-corrected chi connectivity index (χ1v) is 6.27. The van der Waals surface area contributed by atoms with E-state index in [0.717, 1.165) is 24.3 Å². The Hall–Kier alpha value is -0.890. The van der Waals surface area contributed by atoms with Crippen molar-refractivity contribution >= 4 is 17.3 Å². The number of nitrogens with one attached hydrogen (secondary N) is 1. The minimum absolute atomic E-state index is 0.508. The normalized spacial score (nSPS) is 10.6. The summed E-state index contributed by atoms with van der Waals surface area (Å²) in [5.41, 5.74) is 1.06. The summed E-state index contributed by atoms with van der Waals surface area (Å²) in [6.45, 7) is 6.94. The number of anilines is 1. The number of hydrogen-bond donors (Lipinski definition) is 1. The molecule has 1 aromatic carbocycles. The second-order valence-corrected chi connectivity index (χ2v) is 4.14. The Labute approximate surface area is 103 Å². The first-order chi connectivity index (χ1) is 7.71. The van der Waals surface area contributed by atoms with Crippen molar-refractivity contribution in [3.63, 3.8) is 0 Å². The Kier molecular flexibility index (Phi) is 5.47. The number of benzene rings is 1. The molecule has 1 rings (SSSR count). The van der Waals surface area contributed by atoms with Crippen LogP contribution in [0.2, 0.25) is 5.02 Å². The predicted molar refractivity (Wildman–Crippen MR) is 70.6 cm³/mol. The third-order valence-corrected chi connectivity index (χ3v) is 2.88. The van der Waals surface area contributed by atoms with Crippen LogP contribution in [0.15, 0.2) is 18.2 Å². The lowest BCUT2D eigenvalue weighted by Gasteiger charge is -2.17. The Morgan fingerprint density at radius 1 is 1.25 bits per heavy atom. The van der Waals surface area contributed by atoms with Crippen LogP contribution in [0, 0.1) is 0 Å². The molecule has 0 heterocycles. The fourth-order valence-corrected chi connectivity index (χ4v) is 1.83. The summed E-state index contributed by atoms with van der Waals surface area (Å²) in [4.78, 5) is 0. The van der Waals surface area contributed by atoms with Crippen LogP contribution in [0.4, 0.5) is 5.69 Å². The Morgan fingerprint density at radius 3 is 2.44 bits per heavy atom. The number of halogens is 1. The van der Waals surface area contributed by atoms with Crippen LogP contribution in [0.1, 0.15) is 33.6 Å². The molecule has 0 amide bonds. The summed E-state index contributed by atoms with van der Waals surface area (Å²) in [6.07, 6.45) is 2.22. The van der Waals surface area contributed by atoms with Crippen LogP contribution in [0.5, 0.6) is 5.75 Å². The van der Waals surface area contributed by atoms with Gasteiger partial charge < -0.3 is 10.1 Å². The lowest BCUT2D eigenvalue weighted by molar-refractivity contribution is 0.340. The second-order valence-electron chi connectivity index (χ2n) is 3.74. The summed E-state index contributed by atoms with van der Waals surface area (Å²) in [5, 5.41) is 4.11. The topological polar surface area (TPSA) is 21.3 Å². The highest BCUT2D eigenvalue weighted by Gasteiger charge is 2.06. The Morgan fingerprint density at radius 2 is 1.94 bits per heavy atom. The van der Waals surface area contributed by atoms with Crippen LogP contribution in [-0.2, 0) is 0 Å². The van der Waals surface area contributed by atoms with Gasteiger partial charge in [-0.2, -0.15) is 0 Å². The molecule has 1 N–H and O–H groups in total. The van der Waals surface area contributed by atoms with Gasteiger partial charge in [-0.1, -0.05) is 25.4 Å². The molecule has 90 valence electrons. The monoisotopic (exact) mass is 241 g/mol. The van der Waals surface area contributed by atoms with Crippen LogP contribution < -0.4 is 10.1 Å². The molecule has 0 aliphatic carbocycles. The van der Waals surface area contributed by atoms with Crippen LogP contribution >= 0.6 is 11.6 Å². The summed E-state index contributed by atoms with van der Waals surface area (Å²) >= 11 is 6.11. The molecule has 2 nitrogen and oxygen atoms in total. The molecule has 0 aliphatic heterocycles. The third-order valence-electron chi connectivity index (χ3n) is 2.59. The van der Waals surface area contributed by atoms with Crippen molar-refractivity contribution in [2.45, 2.75) is 39.7 Å². The zero-order chi connectivity index (χ0) is 12.0. The maximum atomic E-state index is 6.11. The van der Waals surface area contributed by atoms with E-state index in [2.05, 4.69) is 19.2 Å². The van der Waals surface area contributed by atoms with E-state index < -0.39 is 0 Å². The highest BCUT2D eigenvalue weighted by atomic mass is 35.5. The summed E-state index contributed by atoms with van der Waals surface area (Å²) in [6, 6.07) is 6.35. The molecule has 3 heteroatoms. The molecule has 16 heavy (non-hydrogen) atoms. The van der Waals surface area contributed by atoms with Crippen molar-refractivity contribution < 1.29 is 4.74 Å². The average molecular weight is 242 g/mol. The van der Waals surface area contributed by atoms with E-state index in [1.165, 1.54) is 0 Å². The van der Waals surface area contributed by atoms with Crippen LogP contribution in [-0.4, -0.2) is 12.6 Å².